The summed E-state index contributed by atoms with van der Waals surface area (Å²) in [6, 6.07) is 9.52. The van der Waals surface area contributed by atoms with E-state index in [4.69, 9.17) is 0 Å². The molecule has 1 saturated carbocycles. The lowest BCUT2D eigenvalue weighted by atomic mass is 9.99. The standard InChI is InChI=1S/C17H23NO3/c19-16(11-14-8-4-5-9-14)18-12-15(17(20)21)10-13-6-2-1-3-7-13/h1-3,6-7,14-15H,4-5,8-12H2,(H,18,19)(H,20,21). The first-order valence-corrected chi connectivity index (χ1v) is 7.68. The lowest BCUT2D eigenvalue weighted by Crippen LogP contribution is -2.34. The van der Waals surface area contributed by atoms with Gasteiger partial charge < -0.3 is 10.4 Å². The van der Waals surface area contributed by atoms with Gasteiger partial charge in [-0.25, -0.2) is 0 Å². The topological polar surface area (TPSA) is 66.4 Å². The predicted octanol–water partition coefficient (Wildman–Crippen LogP) is 2.63. The molecule has 2 rings (SSSR count). The van der Waals surface area contributed by atoms with E-state index in [9.17, 15) is 14.7 Å². The molecule has 1 unspecified atom stereocenters. The second kappa shape index (κ2) is 7.81. The van der Waals surface area contributed by atoms with E-state index in [-0.39, 0.29) is 12.5 Å². The molecule has 21 heavy (non-hydrogen) atoms. The van der Waals surface area contributed by atoms with Gasteiger partial charge in [-0.05, 0) is 30.7 Å². The molecule has 0 radical (unpaired) electrons. The summed E-state index contributed by atoms with van der Waals surface area (Å²) >= 11 is 0. The number of hydrogen-bond donors (Lipinski definition) is 2. The van der Waals surface area contributed by atoms with E-state index in [1.165, 1.54) is 12.8 Å². The van der Waals surface area contributed by atoms with Crippen LogP contribution >= 0.6 is 0 Å². The number of amides is 1. The van der Waals surface area contributed by atoms with Crippen LogP contribution in [0.15, 0.2) is 30.3 Å². The van der Waals surface area contributed by atoms with Gasteiger partial charge >= 0.3 is 5.97 Å². The highest BCUT2D eigenvalue weighted by atomic mass is 16.4. The molecule has 1 fully saturated rings. The third kappa shape index (κ3) is 5.21. The van der Waals surface area contributed by atoms with Crippen molar-refractivity contribution in [2.75, 3.05) is 6.54 Å². The molecule has 1 aromatic carbocycles. The van der Waals surface area contributed by atoms with Gasteiger partial charge in [0.15, 0.2) is 0 Å². The van der Waals surface area contributed by atoms with Crippen molar-refractivity contribution >= 4 is 11.9 Å². The Morgan fingerprint density at radius 2 is 1.86 bits per heavy atom. The third-order valence-corrected chi connectivity index (χ3v) is 4.17. The lowest BCUT2D eigenvalue weighted by molar-refractivity contribution is -0.141. The predicted molar refractivity (Wildman–Crippen MR) is 80.9 cm³/mol. The van der Waals surface area contributed by atoms with Crippen molar-refractivity contribution in [3.63, 3.8) is 0 Å². The number of nitrogens with one attached hydrogen (secondary N) is 1. The van der Waals surface area contributed by atoms with Crippen molar-refractivity contribution in [3.05, 3.63) is 35.9 Å². The molecule has 0 heterocycles. The molecule has 0 bridgehead atoms. The zero-order valence-corrected chi connectivity index (χ0v) is 12.3. The van der Waals surface area contributed by atoms with Gasteiger partial charge in [-0.15, -0.1) is 0 Å². The second-order valence-electron chi connectivity index (χ2n) is 5.88. The monoisotopic (exact) mass is 289 g/mol. The van der Waals surface area contributed by atoms with Crippen LogP contribution in [0.4, 0.5) is 0 Å². The zero-order chi connectivity index (χ0) is 15.1. The highest BCUT2D eigenvalue weighted by Gasteiger charge is 2.21. The molecule has 2 N–H and O–H groups in total. The number of carboxylic acids is 1. The van der Waals surface area contributed by atoms with Crippen molar-refractivity contribution in [1.82, 2.24) is 5.32 Å². The zero-order valence-electron chi connectivity index (χ0n) is 12.3. The first-order valence-electron chi connectivity index (χ1n) is 7.68. The lowest BCUT2D eigenvalue weighted by Gasteiger charge is -2.15. The Balaban J connectivity index is 1.79. The minimum absolute atomic E-state index is 0.0128. The van der Waals surface area contributed by atoms with Crippen LogP contribution < -0.4 is 5.32 Å². The molecule has 1 aliphatic carbocycles. The molecule has 4 heteroatoms. The van der Waals surface area contributed by atoms with E-state index < -0.39 is 11.9 Å². The number of rotatable bonds is 7. The summed E-state index contributed by atoms with van der Waals surface area (Å²) in [5, 5.41) is 12.1. The maximum absolute atomic E-state index is 11.9. The van der Waals surface area contributed by atoms with Crippen LogP contribution in [0, 0.1) is 11.8 Å². The van der Waals surface area contributed by atoms with Gasteiger partial charge in [0.25, 0.3) is 0 Å². The summed E-state index contributed by atoms with van der Waals surface area (Å²) < 4.78 is 0. The van der Waals surface area contributed by atoms with E-state index in [2.05, 4.69) is 5.32 Å². The van der Waals surface area contributed by atoms with Crippen molar-refractivity contribution in [3.8, 4) is 0 Å². The van der Waals surface area contributed by atoms with Crippen LogP contribution in [0.3, 0.4) is 0 Å². The average molecular weight is 289 g/mol. The Kier molecular flexibility index (Phi) is 5.78. The van der Waals surface area contributed by atoms with E-state index >= 15 is 0 Å². The quantitative estimate of drug-likeness (QED) is 0.811. The van der Waals surface area contributed by atoms with E-state index in [0.29, 0.717) is 18.8 Å². The number of carboxylic acid groups (broad SMARTS) is 1. The van der Waals surface area contributed by atoms with Gasteiger partial charge in [-0.1, -0.05) is 43.2 Å². The molecule has 1 aromatic rings. The fraction of sp³-hybridized carbons (Fsp3) is 0.529. The van der Waals surface area contributed by atoms with Crippen molar-refractivity contribution < 1.29 is 14.7 Å². The molecule has 4 nitrogen and oxygen atoms in total. The SMILES string of the molecule is O=C(CC1CCCC1)NCC(Cc1ccccc1)C(=O)O. The maximum atomic E-state index is 11.9. The minimum Gasteiger partial charge on any atom is -0.481 e. The van der Waals surface area contributed by atoms with Crippen LogP contribution in [-0.4, -0.2) is 23.5 Å². The molecule has 114 valence electrons. The van der Waals surface area contributed by atoms with Crippen LogP contribution in [0.25, 0.3) is 0 Å². The summed E-state index contributed by atoms with van der Waals surface area (Å²) in [6.07, 6.45) is 5.66. The summed E-state index contributed by atoms with van der Waals surface area (Å²) in [5.74, 6) is -0.955. The third-order valence-electron chi connectivity index (χ3n) is 4.17. The van der Waals surface area contributed by atoms with Crippen molar-refractivity contribution in [1.29, 1.82) is 0 Å². The normalized spacial score (nSPS) is 16.6. The largest absolute Gasteiger partial charge is 0.481 e. The molecule has 0 saturated heterocycles. The Morgan fingerprint density at radius 1 is 1.19 bits per heavy atom. The van der Waals surface area contributed by atoms with Gasteiger partial charge in [0, 0.05) is 13.0 Å². The first kappa shape index (κ1) is 15.5. The van der Waals surface area contributed by atoms with E-state index in [0.717, 1.165) is 18.4 Å². The fourth-order valence-electron chi connectivity index (χ4n) is 2.93. The molecule has 0 aromatic heterocycles. The number of carbonyl (C=O) groups excluding carboxylic acids is 1. The van der Waals surface area contributed by atoms with Crippen LogP contribution in [0.2, 0.25) is 0 Å². The number of hydrogen-bond acceptors (Lipinski definition) is 2. The van der Waals surface area contributed by atoms with Crippen LogP contribution in [-0.2, 0) is 16.0 Å². The smallest absolute Gasteiger partial charge is 0.308 e. The fourth-order valence-corrected chi connectivity index (χ4v) is 2.93. The molecular weight excluding hydrogens is 266 g/mol. The maximum Gasteiger partial charge on any atom is 0.308 e. The highest BCUT2D eigenvalue weighted by Crippen LogP contribution is 2.27. The van der Waals surface area contributed by atoms with Gasteiger partial charge in [0.2, 0.25) is 5.91 Å². The summed E-state index contributed by atoms with van der Waals surface area (Å²) in [4.78, 5) is 23.2. The Hall–Kier alpha value is -1.84. The Bertz CT molecular complexity index is 466. The molecular formula is C17H23NO3. The number of benzene rings is 1. The van der Waals surface area contributed by atoms with Gasteiger partial charge in [-0.3, -0.25) is 9.59 Å². The molecule has 1 atom stereocenters. The summed E-state index contributed by atoms with van der Waals surface area (Å²) in [7, 11) is 0. The molecule has 0 spiro atoms. The summed E-state index contributed by atoms with van der Waals surface area (Å²) in [6.45, 7) is 0.204. The van der Waals surface area contributed by atoms with Gasteiger partial charge in [0.05, 0.1) is 5.92 Å². The molecule has 0 aliphatic heterocycles. The molecule has 1 aliphatic rings. The van der Waals surface area contributed by atoms with E-state index in [1.807, 2.05) is 30.3 Å². The second-order valence-corrected chi connectivity index (χ2v) is 5.88. The van der Waals surface area contributed by atoms with Crippen LogP contribution in [0.5, 0.6) is 0 Å². The highest BCUT2D eigenvalue weighted by molar-refractivity contribution is 5.77. The molecule has 1 amide bonds. The van der Waals surface area contributed by atoms with Crippen molar-refractivity contribution in [2.45, 2.75) is 38.5 Å². The van der Waals surface area contributed by atoms with Gasteiger partial charge in [0.1, 0.15) is 0 Å². The number of aliphatic carboxylic acids is 1. The summed E-state index contributed by atoms with van der Waals surface area (Å²) in [5.41, 5.74) is 0.981. The van der Waals surface area contributed by atoms with Crippen molar-refractivity contribution in [2.24, 2.45) is 11.8 Å². The number of carbonyl (C=O) groups is 2. The first-order chi connectivity index (χ1) is 10.1. The average Bonchev–Trinajstić information content (AvgIpc) is 2.97. The Labute approximate surface area is 125 Å². The minimum atomic E-state index is -0.861. The Morgan fingerprint density at radius 3 is 2.48 bits per heavy atom. The van der Waals surface area contributed by atoms with Gasteiger partial charge in [-0.2, -0.15) is 0 Å². The van der Waals surface area contributed by atoms with E-state index in [1.54, 1.807) is 0 Å². The van der Waals surface area contributed by atoms with Crippen LogP contribution in [0.1, 0.15) is 37.7 Å².